The third-order valence-corrected chi connectivity index (χ3v) is 4.71. The van der Waals surface area contributed by atoms with Crippen molar-refractivity contribution >= 4 is 5.91 Å². The zero-order chi connectivity index (χ0) is 13.2. The van der Waals surface area contributed by atoms with Crippen molar-refractivity contribution in [3.8, 4) is 0 Å². The molecule has 1 saturated carbocycles. The molecule has 3 rings (SSSR count). The summed E-state index contributed by atoms with van der Waals surface area (Å²) < 4.78 is 0. The van der Waals surface area contributed by atoms with Gasteiger partial charge in [-0.3, -0.25) is 9.69 Å². The van der Waals surface area contributed by atoms with E-state index in [1.54, 1.807) is 0 Å². The van der Waals surface area contributed by atoms with Crippen molar-refractivity contribution in [2.45, 2.75) is 44.1 Å². The summed E-state index contributed by atoms with van der Waals surface area (Å²) in [5.41, 5.74) is 7.28. The maximum Gasteiger partial charge on any atom is 0.248 e. The lowest BCUT2D eigenvalue weighted by molar-refractivity contribution is 0.100. The van der Waals surface area contributed by atoms with E-state index in [0.717, 1.165) is 0 Å². The average Bonchev–Trinajstić information content (AvgIpc) is 3.09. The zero-order valence-electron chi connectivity index (χ0n) is 11.3. The Bertz CT molecular complexity index is 448. The normalized spacial score (nSPS) is 27.8. The number of hydrogen-bond acceptors (Lipinski definition) is 2. The quantitative estimate of drug-likeness (QED) is 0.905. The maximum absolute atomic E-state index is 11.1. The van der Waals surface area contributed by atoms with Crippen LogP contribution in [0.1, 0.15) is 53.9 Å². The Morgan fingerprint density at radius 3 is 2.37 bits per heavy atom. The van der Waals surface area contributed by atoms with Crippen LogP contribution < -0.4 is 5.73 Å². The van der Waals surface area contributed by atoms with Crippen LogP contribution in [0.5, 0.6) is 0 Å². The topological polar surface area (TPSA) is 46.3 Å². The number of carbonyl (C=O) groups excluding carboxylic acids is 1. The van der Waals surface area contributed by atoms with Gasteiger partial charge in [0.05, 0.1) is 0 Å². The number of carbonyl (C=O) groups is 1. The molecule has 2 fully saturated rings. The molecule has 1 aliphatic heterocycles. The van der Waals surface area contributed by atoms with Crippen molar-refractivity contribution in [3.63, 3.8) is 0 Å². The lowest BCUT2D eigenvalue weighted by Crippen LogP contribution is -2.34. The Kier molecular flexibility index (Phi) is 3.56. The van der Waals surface area contributed by atoms with E-state index in [9.17, 15) is 4.79 Å². The molecule has 3 nitrogen and oxygen atoms in total. The first-order chi connectivity index (χ1) is 9.25. The minimum absolute atomic E-state index is 0.339. The Morgan fingerprint density at radius 1 is 1.05 bits per heavy atom. The molecule has 0 spiro atoms. The fraction of sp³-hybridized carbons (Fsp3) is 0.562. The monoisotopic (exact) mass is 258 g/mol. The number of hydrogen-bond donors (Lipinski definition) is 1. The van der Waals surface area contributed by atoms with Crippen LogP contribution in [0.4, 0.5) is 0 Å². The van der Waals surface area contributed by atoms with Gasteiger partial charge in [-0.25, -0.2) is 0 Å². The van der Waals surface area contributed by atoms with Crippen molar-refractivity contribution in [2.75, 3.05) is 13.1 Å². The van der Waals surface area contributed by atoms with Gasteiger partial charge in [0.25, 0.3) is 0 Å². The molecule has 1 aromatic carbocycles. The lowest BCUT2D eigenvalue weighted by Gasteiger charge is -2.29. The first kappa shape index (κ1) is 12.7. The molecule has 102 valence electrons. The van der Waals surface area contributed by atoms with Crippen LogP contribution in [0, 0.1) is 0 Å². The standard InChI is InChI=1S/C16H22N2O/c17-16(19)13-8-6-12(7-9-13)14-4-3-5-15(14)18-10-1-2-11-18/h6-9,14-15H,1-5,10-11H2,(H2,17,19). The molecule has 2 N–H and O–H groups in total. The van der Waals surface area contributed by atoms with Crippen molar-refractivity contribution in [3.05, 3.63) is 35.4 Å². The van der Waals surface area contributed by atoms with Crippen LogP contribution in [0.3, 0.4) is 0 Å². The highest BCUT2D eigenvalue weighted by atomic mass is 16.1. The lowest BCUT2D eigenvalue weighted by atomic mass is 9.92. The molecule has 1 aliphatic carbocycles. The van der Waals surface area contributed by atoms with Gasteiger partial charge < -0.3 is 5.73 Å². The second-order valence-electron chi connectivity index (χ2n) is 5.83. The van der Waals surface area contributed by atoms with E-state index in [-0.39, 0.29) is 5.91 Å². The molecule has 1 saturated heterocycles. The van der Waals surface area contributed by atoms with Gasteiger partial charge in [-0.1, -0.05) is 18.6 Å². The number of nitrogens with two attached hydrogens (primary N) is 1. The van der Waals surface area contributed by atoms with Crippen LogP contribution in [-0.2, 0) is 0 Å². The third-order valence-electron chi connectivity index (χ3n) is 4.71. The van der Waals surface area contributed by atoms with E-state index < -0.39 is 0 Å². The molecule has 1 amide bonds. The summed E-state index contributed by atoms with van der Waals surface area (Å²) >= 11 is 0. The molecule has 2 atom stereocenters. The van der Waals surface area contributed by atoms with Crippen LogP contribution in [-0.4, -0.2) is 29.9 Å². The summed E-state index contributed by atoms with van der Waals surface area (Å²) in [5.74, 6) is 0.300. The van der Waals surface area contributed by atoms with Gasteiger partial charge >= 0.3 is 0 Å². The Labute approximate surface area is 114 Å². The fourth-order valence-corrected chi connectivity index (χ4v) is 3.73. The molecule has 0 radical (unpaired) electrons. The highest BCUT2D eigenvalue weighted by molar-refractivity contribution is 5.92. The molecule has 19 heavy (non-hydrogen) atoms. The van der Waals surface area contributed by atoms with E-state index in [0.29, 0.717) is 17.5 Å². The minimum atomic E-state index is -0.339. The summed E-state index contributed by atoms with van der Waals surface area (Å²) in [6.07, 6.45) is 6.62. The predicted molar refractivity (Wildman–Crippen MR) is 76.1 cm³/mol. The van der Waals surface area contributed by atoms with Gasteiger partial charge in [-0.15, -0.1) is 0 Å². The number of amides is 1. The second kappa shape index (κ2) is 5.33. The van der Waals surface area contributed by atoms with Gasteiger partial charge in [0.1, 0.15) is 0 Å². The molecule has 0 aromatic heterocycles. The van der Waals surface area contributed by atoms with Crippen molar-refractivity contribution in [2.24, 2.45) is 5.73 Å². The summed E-state index contributed by atoms with van der Waals surface area (Å²) in [5, 5.41) is 0. The SMILES string of the molecule is NC(=O)c1ccc(C2CCCC2N2CCCC2)cc1. The molecule has 1 aromatic rings. The highest BCUT2D eigenvalue weighted by Crippen LogP contribution is 2.39. The van der Waals surface area contributed by atoms with E-state index in [4.69, 9.17) is 5.73 Å². The van der Waals surface area contributed by atoms with Crippen molar-refractivity contribution < 1.29 is 4.79 Å². The van der Waals surface area contributed by atoms with Crippen molar-refractivity contribution in [1.29, 1.82) is 0 Å². The molecule has 2 unspecified atom stereocenters. The minimum Gasteiger partial charge on any atom is -0.366 e. The number of nitrogens with zero attached hydrogens (tertiary/aromatic N) is 1. The molecule has 3 heteroatoms. The van der Waals surface area contributed by atoms with Crippen LogP contribution in [0.25, 0.3) is 0 Å². The molecular weight excluding hydrogens is 236 g/mol. The number of likely N-dealkylation sites (tertiary alicyclic amines) is 1. The maximum atomic E-state index is 11.1. The van der Waals surface area contributed by atoms with Crippen LogP contribution >= 0.6 is 0 Å². The van der Waals surface area contributed by atoms with Gasteiger partial charge in [-0.05, 0) is 62.4 Å². The van der Waals surface area contributed by atoms with Gasteiger partial charge in [0.15, 0.2) is 0 Å². The number of primary amides is 1. The Morgan fingerprint density at radius 2 is 1.74 bits per heavy atom. The molecule has 1 heterocycles. The molecule has 0 bridgehead atoms. The summed E-state index contributed by atoms with van der Waals surface area (Å²) in [6.45, 7) is 2.53. The van der Waals surface area contributed by atoms with E-state index in [2.05, 4.69) is 17.0 Å². The summed E-state index contributed by atoms with van der Waals surface area (Å²) in [7, 11) is 0. The largest absolute Gasteiger partial charge is 0.366 e. The smallest absolute Gasteiger partial charge is 0.248 e. The van der Waals surface area contributed by atoms with Gasteiger partial charge in [0.2, 0.25) is 5.91 Å². The molecule has 2 aliphatic rings. The van der Waals surface area contributed by atoms with Crippen LogP contribution in [0.2, 0.25) is 0 Å². The zero-order valence-corrected chi connectivity index (χ0v) is 11.3. The Hall–Kier alpha value is -1.35. The predicted octanol–water partition coefficient (Wildman–Crippen LogP) is 2.52. The van der Waals surface area contributed by atoms with Crippen LogP contribution in [0.15, 0.2) is 24.3 Å². The summed E-state index contributed by atoms with van der Waals surface area (Å²) in [4.78, 5) is 13.8. The summed E-state index contributed by atoms with van der Waals surface area (Å²) in [6, 6.07) is 8.65. The van der Waals surface area contributed by atoms with E-state index >= 15 is 0 Å². The Balaban J connectivity index is 1.78. The highest BCUT2D eigenvalue weighted by Gasteiger charge is 2.34. The van der Waals surface area contributed by atoms with Crippen molar-refractivity contribution in [1.82, 2.24) is 4.90 Å². The second-order valence-corrected chi connectivity index (χ2v) is 5.83. The van der Waals surface area contributed by atoms with Gasteiger partial charge in [-0.2, -0.15) is 0 Å². The average molecular weight is 258 g/mol. The van der Waals surface area contributed by atoms with E-state index in [1.165, 1.54) is 50.8 Å². The first-order valence-electron chi connectivity index (χ1n) is 7.39. The fourth-order valence-electron chi connectivity index (χ4n) is 3.73. The van der Waals surface area contributed by atoms with E-state index in [1.807, 2.05) is 12.1 Å². The van der Waals surface area contributed by atoms with Gasteiger partial charge in [0, 0.05) is 11.6 Å². The number of rotatable bonds is 3. The third kappa shape index (κ3) is 2.52. The number of benzene rings is 1. The first-order valence-corrected chi connectivity index (χ1v) is 7.39. The molecular formula is C16H22N2O.